The molecular weight excluding hydrogens is 524 g/mol. The standard InChI is InChI=1S/C33H37ClN2O4/c1-7-31(33(38)39)40-27-12-13-29(34)26(16-27)18-36-22(6)20(4)28-17-25(11-14-30(28)36)32(37)35-21(5)24-10-8-9-23(15-24)19(2)3/h8-17,19,21,31H,7,18H2,1-6H3,(H,35,37)(H,38,39). The van der Waals surface area contributed by atoms with Crippen LogP contribution in [0.3, 0.4) is 0 Å². The first-order valence-corrected chi connectivity index (χ1v) is 14.1. The van der Waals surface area contributed by atoms with Crippen LogP contribution in [-0.4, -0.2) is 27.7 Å². The molecule has 0 aliphatic heterocycles. The van der Waals surface area contributed by atoms with Crippen molar-refractivity contribution in [2.45, 2.75) is 72.6 Å². The normalized spacial score (nSPS) is 12.9. The molecule has 3 aromatic carbocycles. The molecule has 0 aliphatic carbocycles. The number of fused-ring (bicyclic) bond motifs is 1. The third-order valence-corrected chi connectivity index (χ3v) is 7.97. The molecule has 2 unspecified atom stereocenters. The summed E-state index contributed by atoms with van der Waals surface area (Å²) in [7, 11) is 0. The Hall–Kier alpha value is -3.77. The highest BCUT2D eigenvalue weighted by Crippen LogP contribution is 2.31. The summed E-state index contributed by atoms with van der Waals surface area (Å²) in [6.45, 7) is 12.7. The Morgan fingerprint density at radius 1 is 1.00 bits per heavy atom. The van der Waals surface area contributed by atoms with Gasteiger partial charge in [-0.25, -0.2) is 4.79 Å². The number of aliphatic carboxylic acids is 1. The van der Waals surface area contributed by atoms with Gasteiger partial charge in [-0.15, -0.1) is 0 Å². The number of nitrogens with one attached hydrogen (secondary N) is 1. The molecule has 40 heavy (non-hydrogen) atoms. The van der Waals surface area contributed by atoms with E-state index in [9.17, 15) is 14.7 Å². The predicted molar refractivity (Wildman–Crippen MR) is 161 cm³/mol. The monoisotopic (exact) mass is 560 g/mol. The molecule has 0 saturated heterocycles. The van der Waals surface area contributed by atoms with Gasteiger partial charge in [0, 0.05) is 33.7 Å². The average Bonchev–Trinajstić information content (AvgIpc) is 3.17. The number of carbonyl (C=O) groups is 2. The van der Waals surface area contributed by atoms with Crippen LogP contribution in [0.25, 0.3) is 10.9 Å². The number of carbonyl (C=O) groups excluding carboxylic acids is 1. The van der Waals surface area contributed by atoms with Crippen molar-refractivity contribution in [2.75, 3.05) is 0 Å². The number of nitrogens with zero attached hydrogens (tertiary/aromatic N) is 1. The van der Waals surface area contributed by atoms with Gasteiger partial charge in [-0.05, 0) is 91.8 Å². The number of halogens is 1. The Labute approximate surface area is 240 Å². The van der Waals surface area contributed by atoms with Crippen molar-refractivity contribution >= 4 is 34.4 Å². The topological polar surface area (TPSA) is 80.6 Å². The molecule has 0 spiro atoms. The second-order valence-electron chi connectivity index (χ2n) is 10.7. The third kappa shape index (κ3) is 6.18. The molecule has 2 atom stereocenters. The van der Waals surface area contributed by atoms with Crippen LogP contribution in [0, 0.1) is 13.8 Å². The molecule has 0 fully saturated rings. The lowest BCUT2D eigenvalue weighted by Gasteiger charge is -2.17. The van der Waals surface area contributed by atoms with Crippen LogP contribution in [0.2, 0.25) is 5.02 Å². The summed E-state index contributed by atoms with van der Waals surface area (Å²) in [6.07, 6.45) is -0.566. The van der Waals surface area contributed by atoms with E-state index >= 15 is 0 Å². The highest BCUT2D eigenvalue weighted by atomic mass is 35.5. The van der Waals surface area contributed by atoms with Crippen molar-refractivity contribution in [1.82, 2.24) is 9.88 Å². The highest BCUT2D eigenvalue weighted by molar-refractivity contribution is 6.31. The van der Waals surface area contributed by atoms with Gasteiger partial charge in [0.05, 0.1) is 6.04 Å². The van der Waals surface area contributed by atoms with Crippen LogP contribution in [0.15, 0.2) is 60.7 Å². The Morgan fingerprint density at radius 2 is 1.73 bits per heavy atom. The van der Waals surface area contributed by atoms with E-state index in [1.807, 2.05) is 44.2 Å². The van der Waals surface area contributed by atoms with Gasteiger partial charge in [0.1, 0.15) is 5.75 Å². The molecule has 4 rings (SSSR count). The molecule has 4 aromatic rings. The predicted octanol–water partition coefficient (Wildman–Crippen LogP) is 7.82. The molecule has 1 heterocycles. The fourth-order valence-electron chi connectivity index (χ4n) is 4.93. The number of ether oxygens (including phenoxy) is 1. The van der Waals surface area contributed by atoms with Gasteiger partial charge in [0.2, 0.25) is 0 Å². The molecule has 210 valence electrons. The van der Waals surface area contributed by atoms with Crippen LogP contribution in [0.1, 0.15) is 84.4 Å². The Kier molecular flexibility index (Phi) is 8.89. The smallest absolute Gasteiger partial charge is 0.344 e. The van der Waals surface area contributed by atoms with Gasteiger partial charge in [0.25, 0.3) is 5.91 Å². The summed E-state index contributed by atoms with van der Waals surface area (Å²) in [5.74, 6) is -0.235. The first kappa shape index (κ1) is 29.2. The Balaban J connectivity index is 1.59. The minimum atomic E-state index is -1.000. The van der Waals surface area contributed by atoms with E-state index < -0.39 is 12.1 Å². The van der Waals surface area contributed by atoms with E-state index in [1.54, 1.807) is 25.1 Å². The van der Waals surface area contributed by atoms with Gasteiger partial charge in [-0.3, -0.25) is 4.79 Å². The second kappa shape index (κ2) is 12.2. The van der Waals surface area contributed by atoms with E-state index in [0.29, 0.717) is 35.2 Å². The van der Waals surface area contributed by atoms with Gasteiger partial charge in [-0.2, -0.15) is 0 Å². The fourth-order valence-corrected chi connectivity index (χ4v) is 5.11. The zero-order valence-electron chi connectivity index (χ0n) is 23.9. The first-order chi connectivity index (χ1) is 19.0. The lowest BCUT2D eigenvalue weighted by Crippen LogP contribution is -2.26. The number of aryl methyl sites for hydroxylation is 1. The van der Waals surface area contributed by atoms with Crippen LogP contribution < -0.4 is 10.1 Å². The second-order valence-corrected chi connectivity index (χ2v) is 11.1. The number of hydrogen-bond donors (Lipinski definition) is 2. The van der Waals surface area contributed by atoms with Crippen molar-refractivity contribution in [3.63, 3.8) is 0 Å². The van der Waals surface area contributed by atoms with Crippen LogP contribution in [0.4, 0.5) is 0 Å². The molecule has 0 saturated carbocycles. The summed E-state index contributed by atoms with van der Waals surface area (Å²) in [5, 5.41) is 14.1. The molecule has 7 heteroatoms. The minimum Gasteiger partial charge on any atom is -0.479 e. The zero-order valence-corrected chi connectivity index (χ0v) is 24.7. The molecule has 2 N–H and O–H groups in total. The van der Waals surface area contributed by atoms with Crippen LogP contribution in [0.5, 0.6) is 5.75 Å². The summed E-state index contributed by atoms with van der Waals surface area (Å²) in [4.78, 5) is 24.7. The summed E-state index contributed by atoms with van der Waals surface area (Å²) in [6, 6.07) is 19.2. The molecule has 0 radical (unpaired) electrons. The molecule has 1 aromatic heterocycles. The van der Waals surface area contributed by atoms with E-state index in [1.165, 1.54) is 5.56 Å². The van der Waals surface area contributed by atoms with Crippen molar-refractivity contribution in [2.24, 2.45) is 0 Å². The first-order valence-electron chi connectivity index (χ1n) is 13.7. The van der Waals surface area contributed by atoms with Gasteiger partial charge in [0.15, 0.2) is 6.10 Å². The van der Waals surface area contributed by atoms with Gasteiger partial charge >= 0.3 is 5.97 Å². The van der Waals surface area contributed by atoms with Crippen molar-refractivity contribution in [3.05, 3.63) is 99.2 Å². The lowest BCUT2D eigenvalue weighted by molar-refractivity contribution is -0.145. The fraction of sp³-hybridized carbons (Fsp3) is 0.333. The number of aromatic nitrogens is 1. The number of amides is 1. The van der Waals surface area contributed by atoms with Crippen LogP contribution >= 0.6 is 11.6 Å². The van der Waals surface area contributed by atoms with Crippen molar-refractivity contribution < 1.29 is 19.4 Å². The third-order valence-electron chi connectivity index (χ3n) is 7.60. The molecule has 6 nitrogen and oxygen atoms in total. The van der Waals surface area contributed by atoms with Gasteiger partial charge < -0.3 is 19.7 Å². The largest absolute Gasteiger partial charge is 0.479 e. The minimum absolute atomic E-state index is 0.119. The average molecular weight is 561 g/mol. The van der Waals surface area contributed by atoms with Gasteiger partial charge in [-0.1, -0.05) is 56.6 Å². The number of benzene rings is 3. The number of carboxylic acid groups (broad SMARTS) is 1. The number of rotatable bonds is 10. The maximum absolute atomic E-state index is 13.2. The number of hydrogen-bond acceptors (Lipinski definition) is 3. The van der Waals surface area contributed by atoms with E-state index in [0.717, 1.165) is 33.3 Å². The SMILES string of the molecule is CCC(Oc1ccc(Cl)c(Cn2c(C)c(C)c3cc(C(=O)NC(C)c4cccc(C(C)C)c4)ccc32)c1)C(=O)O. The molecule has 1 amide bonds. The quantitative estimate of drug-likeness (QED) is 0.207. The number of carboxylic acids is 1. The highest BCUT2D eigenvalue weighted by Gasteiger charge is 2.19. The zero-order chi connectivity index (χ0) is 29.1. The van der Waals surface area contributed by atoms with E-state index in [2.05, 4.69) is 42.8 Å². The maximum atomic E-state index is 13.2. The van der Waals surface area contributed by atoms with Crippen molar-refractivity contribution in [1.29, 1.82) is 0 Å². The van der Waals surface area contributed by atoms with E-state index in [4.69, 9.17) is 16.3 Å². The molecular formula is C33H37ClN2O4. The summed E-state index contributed by atoms with van der Waals surface area (Å²) >= 11 is 6.54. The summed E-state index contributed by atoms with van der Waals surface area (Å²) < 4.78 is 7.85. The lowest BCUT2D eigenvalue weighted by atomic mass is 9.98. The Morgan fingerprint density at radius 3 is 2.40 bits per heavy atom. The maximum Gasteiger partial charge on any atom is 0.344 e. The Bertz CT molecular complexity index is 1560. The molecule has 0 bridgehead atoms. The molecule has 0 aliphatic rings. The van der Waals surface area contributed by atoms with Crippen LogP contribution in [-0.2, 0) is 11.3 Å². The summed E-state index contributed by atoms with van der Waals surface area (Å²) in [5.41, 5.74) is 6.88. The van der Waals surface area contributed by atoms with E-state index in [-0.39, 0.29) is 11.9 Å². The van der Waals surface area contributed by atoms with Crippen molar-refractivity contribution in [3.8, 4) is 5.75 Å².